The van der Waals surface area contributed by atoms with Crippen molar-refractivity contribution < 1.29 is 9.90 Å². The molecule has 0 radical (unpaired) electrons. The van der Waals surface area contributed by atoms with E-state index in [1.807, 2.05) is 24.3 Å². The van der Waals surface area contributed by atoms with Gasteiger partial charge in [-0.15, -0.1) is 0 Å². The fraction of sp³-hybridized carbons (Fsp3) is 0.731. The number of nitrogens with two attached hydrogens (primary N) is 1. The Hall–Kier alpha value is -1.39. The Bertz CT molecular complexity index is 548. The summed E-state index contributed by atoms with van der Waals surface area (Å²) >= 11 is 0. The van der Waals surface area contributed by atoms with Gasteiger partial charge in [0.1, 0.15) is 0 Å². The number of nitrogens with one attached hydrogen (secondary N) is 1. The van der Waals surface area contributed by atoms with Crippen molar-refractivity contribution >= 4 is 5.91 Å². The highest BCUT2D eigenvalue weighted by Gasteiger charge is 2.06. The molecule has 4 nitrogen and oxygen atoms in total. The van der Waals surface area contributed by atoms with Crippen LogP contribution in [0, 0.1) is 0 Å². The minimum Gasteiger partial charge on any atom is -0.393 e. The van der Waals surface area contributed by atoms with Gasteiger partial charge in [0.2, 0.25) is 5.91 Å². The first-order valence-corrected chi connectivity index (χ1v) is 12.4. The van der Waals surface area contributed by atoms with E-state index in [1.54, 1.807) is 0 Å². The van der Waals surface area contributed by atoms with Crippen molar-refractivity contribution in [1.29, 1.82) is 0 Å². The summed E-state index contributed by atoms with van der Waals surface area (Å²) < 4.78 is 0. The van der Waals surface area contributed by atoms with Crippen LogP contribution in [0.5, 0.6) is 0 Å². The third kappa shape index (κ3) is 13.8. The summed E-state index contributed by atoms with van der Waals surface area (Å²) in [5.74, 6) is 0.108. The van der Waals surface area contributed by atoms with E-state index in [-0.39, 0.29) is 12.0 Å². The maximum absolute atomic E-state index is 12.0. The van der Waals surface area contributed by atoms with Crippen LogP contribution in [0.4, 0.5) is 0 Å². The van der Waals surface area contributed by atoms with Gasteiger partial charge in [0.15, 0.2) is 0 Å². The molecule has 1 atom stereocenters. The van der Waals surface area contributed by atoms with Crippen LogP contribution in [0.1, 0.15) is 114 Å². The Morgan fingerprint density at radius 1 is 0.867 bits per heavy atom. The molecule has 0 spiro atoms. The highest BCUT2D eigenvalue weighted by atomic mass is 16.3. The Kier molecular flexibility index (Phi) is 16.3. The van der Waals surface area contributed by atoms with Gasteiger partial charge in [-0.2, -0.15) is 0 Å². The number of aliphatic hydroxyl groups excluding tert-OH is 1. The Balaban J connectivity index is 1.93. The molecule has 0 saturated carbocycles. The van der Waals surface area contributed by atoms with Crippen molar-refractivity contribution in [3.63, 3.8) is 0 Å². The zero-order chi connectivity index (χ0) is 21.9. The first kappa shape index (κ1) is 26.6. The smallest absolute Gasteiger partial charge is 0.220 e. The molecule has 0 aliphatic rings. The molecule has 172 valence electrons. The second-order valence-electron chi connectivity index (χ2n) is 8.62. The lowest BCUT2D eigenvalue weighted by Crippen LogP contribution is -2.23. The Morgan fingerprint density at radius 3 is 2.00 bits per heavy atom. The van der Waals surface area contributed by atoms with Crippen molar-refractivity contribution in [2.24, 2.45) is 5.73 Å². The fourth-order valence-electron chi connectivity index (χ4n) is 3.89. The molecule has 1 aromatic rings. The topological polar surface area (TPSA) is 75.3 Å². The third-order valence-corrected chi connectivity index (χ3v) is 5.90. The molecule has 4 N–H and O–H groups in total. The highest BCUT2D eigenvalue weighted by Crippen LogP contribution is 2.14. The van der Waals surface area contributed by atoms with E-state index in [0.717, 1.165) is 56.1 Å². The number of carbonyl (C=O) groups excluding carboxylic acids is 1. The molecular formula is C26H46N2O2. The van der Waals surface area contributed by atoms with Crippen molar-refractivity contribution in [3.05, 3.63) is 35.4 Å². The molecule has 30 heavy (non-hydrogen) atoms. The van der Waals surface area contributed by atoms with Crippen LogP contribution in [0.3, 0.4) is 0 Å². The van der Waals surface area contributed by atoms with E-state index in [4.69, 9.17) is 5.73 Å². The number of hydrogen-bond donors (Lipinski definition) is 3. The minimum absolute atomic E-state index is 0.108. The summed E-state index contributed by atoms with van der Waals surface area (Å²) in [4.78, 5) is 12.0. The van der Waals surface area contributed by atoms with Gasteiger partial charge in [0.05, 0.1) is 6.10 Å². The van der Waals surface area contributed by atoms with E-state index in [1.165, 1.54) is 44.9 Å². The van der Waals surface area contributed by atoms with Crippen molar-refractivity contribution in [2.75, 3.05) is 0 Å². The first-order chi connectivity index (χ1) is 14.7. The monoisotopic (exact) mass is 418 g/mol. The van der Waals surface area contributed by atoms with Crippen LogP contribution in [-0.2, 0) is 17.9 Å². The maximum atomic E-state index is 12.0. The lowest BCUT2D eigenvalue weighted by molar-refractivity contribution is -0.121. The SMILES string of the molecule is CCCCCCCCCCC(O)CCCCCCC(=O)NCc1ccccc1CN. The average Bonchev–Trinajstić information content (AvgIpc) is 2.76. The van der Waals surface area contributed by atoms with Gasteiger partial charge in [-0.05, 0) is 30.4 Å². The summed E-state index contributed by atoms with van der Waals surface area (Å²) in [5.41, 5.74) is 7.92. The molecular weight excluding hydrogens is 372 g/mol. The summed E-state index contributed by atoms with van der Waals surface area (Å²) in [6, 6.07) is 7.97. The van der Waals surface area contributed by atoms with Crippen molar-refractivity contribution in [3.8, 4) is 0 Å². The average molecular weight is 419 g/mol. The van der Waals surface area contributed by atoms with Gasteiger partial charge < -0.3 is 16.2 Å². The predicted octanol–water partition coefficient (Wildman–Crippen LogP) is 5.99. The van der Waals surface area contributed by atoms with Crippen LogP contribution >= 0.6 is 0 Å². The van der Waals surface area contributed by atoms with Crippen molar-refractivity contribution in [2.45, 2.75) is 122 Å². The summed E-state index contributed by atoms with van der Waals surface area (Å²) in [6.07, 6.45) is 16.9. The van der Waals surface area contributed by atoms with E-state index in [2.05, 4.69) is 12.2 Å². The summed E-state index contributed by atoms with van der Waals surface area (Å²) in [7, 11) is 0. The molecule has 0 aliphatic heterocycles. The number of rotatable bonds is 19. The molecule has 1 unspecified atom stereocenters. The van der Waals surface area contributed by atoms with Gasteiger partial charge >= 0.3 is 0 Å². The Morgan fingerprint density at radius 2 is 1.40 bits per heavy atom. The fourth-order valence-corrected chi connectivity index (χ4v) is 3.89. The lowest BCUT2D eigenvalue weighted by Gasteiger charge is -2.11. The van der Waals surface area contributed by atoms with Crippen LogP contribution in [0.25, 0.3) is 0 Å². The number of carbonyl (C=O) groups is 1. The van der Waals surface area contributed by atoms with Gasteiger partial charge in [-0.25, -0.2) is 0 Å². The van der Waals surface area contributed by atoms with Crippen LogP contribution in [-0.4, -0.2) is 17.1 Å². The minimum atomic E-state index is -0.143. The Labute approximate surface area is 185 Å². The quantitative estimate of drug-likeness (QED) is 0.241. The molecule has 1 aromatic carbocycles. The lowest BCUT2D eigenvalue weighted by atomic mass is 10.0. The normalized spacial score (nSPS) is 12.1. The second kappa shape index (κ2) is 18.4. The molecule has 0 bridgehead atoms. The largest absolute Gasteiger partial charge is 0.393 e. The number of unbranched alkanes of at least 4 members (excludes halogenated alkanes) is 10. The van der Waals surface area contributed by atoms with Crippen molar-refractivity contribution in [1.82, 2.24) is 5.32 Å². The van der Waals surface area contributed by atoms with Crippen LogP contribution < -0.4 is 11.1 Å². The summed E-state index contributed by atoms with van der Waals surface area (Å²) in [5, 5.41) is 13.1. The van der Waals surface area contributed by atoms with Gasteiger partial charge in [-0.3, -0.25) is 4.79 Å². The zero-order valence-corrected chi connectivity index (χ0v) is 19.3. The third-order valence-electron chi connectivity index (χ3n) is 5.90. The zero-order valence-electron chi connectivity index (χ0n) is 19.3. The molecule has 0 heterocycles. The second-order valence-corrected chi connectivity index (χ2v) is 8.62. The standard InChI is InChI=1S/C26H46N2O2/c1-2-3-4-5-6-7-8-11-18-25(29)19-12-9-10-13-20-26(30)28-22-24-17-15-14-16-23(24)21-27/h14-17,25,29H,2-13,18-22,27H2,1H3,(H,28,30). The molecule has 1 rings (SSSR count). The van der Waals surface area contributed by atoms with Crippen LogP contribution in [0.2, 0.25) is 0 Å². The van der Waals surface area contributed by atoms with E-state index < -0.39 is 0 Å². The highest BCUT2D eigenvalue weighted by molar-refractivity contribution is 5.75. The number of hydrogen-bond acceptors (Lipinski definition) is 3. The number of amides is 1. The molecule has 0 fully saturated rings. The van der Waals surface area contributed by atoms with Gasteiger partial charge in [0, 0.05) is 19.5 Å². The maximum Gasteiger partial charge on any atom is 0.220 e. The number of aliphatic hydroxyl groups is 1. The van der Waals surface area contributed by atoms with E-state index in [0.29, 0.717) is 19.5 Å². The first-order valence-electron chi connectivity index (χ1n) is 12.4. The molecule has 0 aliphatic carbocycles. The van der Waals surface area contributed by atoms with E-state index in [9.17, 15) is 9.90 Å². The molecule has 4 heteroatoms. The molecule has 1 amide bonds. The predicted molar refractivity (Wildman–Crippen MR) is 127 cm³/mol. The molecule has 0 aromatic heterocycles. The number of benzene rings is 1. The van der Waals surface area contributed by atoms with Gasteiger partial charge in [-0.1, -0.05) is 102 Å². The molecule has 0 saturated heterocycles. The van der Waals surface area contributed by atoms with Gasteiger partial charge in [0.25, 0.3) is 0 Å². The van der Waals surface area contributed by atoms with E-state index >= 15 is 0 Å². The van der Waals surface area contributed by atoms with Crippen LogP contribution in [0.15, 0.2) is 24.3 Å². The summed E-state index contributed by atoms with van der Waals surface area (Å²) in [6.45, 7) is 3.30.